The Kier molecular flexibility index (Phi) is 5.73. The predicted octanol–water partition coefficient (Wildman–Crippen LogP) is 5.28. The molecule has 0 spiro atoms. The van der Waals surface area contributed by atoms with Crippen LogP contribution in [0.3, 0.4) is 0 Å². The lowest BCUT2D eigenvalue weighted by atomic mass is 9.84. The van der Waals surface area contributed by atoms with Crippen LogP contribution in [0.1, 0.15) is 39.2 Å². The monoisotopic (exact) mass is 408 g/mol. The molecule has 148 valence electrons. The van der Waals surface area contributed by atoms with E-state index >= 15 is 0 Å². The first kappa shape index (κ1) is 21.4. The number of sulfone groups is 1. The molecule has 1 fully saturated rings. The van der Waals surface area contributed by atoms with Gasteiger partial charge in [0.2, 0.25) is 0 Å². The minimum Gasteiger partial charge on any atom is -0.414 e. The van der Waals surface area contributed by atoms with Crippen molar-refractivity contribution in [2.75, 3.05) is 5.75 Å². The van der Waals surface area contributed by atoms with Crippen molar-refractivity contribution in [3.05, 3.63) is 29.8 Å². The van der Waals surface area contributed by atoms with Crippen molar-refractivity contribution in [3.8, 4) is 0 Å². The van der Waals surface area contributed by atoms with E-state index in [1.54, 1.807) is 0 Å². The molecule has 1 aromatic rings. The third-order valence-corrected chi connectivity index (χ3v) is 11.9. The summed E-state index contributed by atoms with van der Waals surface area (Å²) in [6.45, 7) is 10.7. The van der Waals surface area contributed by atoms with E-state index in [0.29, 0.717) is 12.8 Å². The standard InChI is InChI=1S/C18H27F3O3SSi/c1-17(2,3)26(4,5)24-15-9-13(10-15)12-25(22,23)16-8-6-7-14(11-16)18(19,20)21/h6-8,11,13,15H,9-10,12H2,1-5H3. The molecule has 0 N–H and O–H groups in total. The van der Waals surface area contributed by atoms with Gasteiger partial charge in [-0.15, -0.1) is 0 Å². The molecule has 0 atom stereocenters. The van der Waals surface area contributed by atoms with Crippen LogP contribution < -0.4 is 0 Å². The molecule has 2 rings (SSSR count). The van der Waals surface area contributed by atoms with Crippen molar-refractivity contribution in [2.24, 2.45) is 5.92 Å². The summed E-state index contributed by atoms with van der Waals surface area (Å²) in [5, 5.41) is 0.0855. The Morgan fingerprint density at radius 2 is 1.73 bits per heavy atom. The summed E-state index contributed by atoms with van der Waals surface area (Å²) in [4.78, 5) is -0.263. The summed E-state index contributed by atoms with van der Waals surface area (Å²) in [6.07, 6.45) is -3.21. The van der Waals surface area contributed by atoms with E-state index < -0.39 is 29.9 Å². The molecule has 1 saturated carbocycles. The largest absolute Gasteiger partial charge is 0.416 e. The molecular formula is C18H27F3O3SSi. The van der Waals surface area contributed by atoms with Crippen LogP contribution in [-0.2, 0) is 20.4 Å². The van der Waals surface area contributed by atoms with E-state index in [1.165, 1.54) is 6.07 Å². The van der Waals surface area contributed by atoms with Gasteiger partial charge < -0.3 is 4.43 Å². The highest BCUT2D eigenvalue weighted by molar-refractivity contribution is 7.91. The maximum atomic E-state index is 12.8. The van der Waals surface area contributed by atoms with Crippen LogP contribution in [0.25, 0.3) is 0 Å². The maximum Gasteiger partial charge on any atom is 0.416 e. The molecule has 0 saturated heterocycles. The molecule has 0 bridgehead atoms. The molecule has 0 radical (unpaired) electrons. The summed E-state index contributed by atoms with van der Waals surface area (Å²) in [7, 11) is -5.64. The van der Waals surface area contributed by atoms with Gasteiger partial charge in [0.15, 0.2) is 18.2 Å². The molecule has 1 aromatic carbocycles. The maximum absolute atomic E-state index is 12.8. The number of hydrogen-bond acceptors (Lipinski definition) is 3. The molecular weight excluding hydrogens is 381 g/mol. The van der Waals surface area contributed by atoms with Crippen LogP contribution in [-0.4, -0.2) is 28.6 Å². The van der Waals surface area contributed by atoms with Crippen LogP contribution in [0.5, 0.6) is 0 Å². The van der Waals surface area contributed by atoms with Crippen molar-refractivity contribution in [2.45, 2.75) is 68.9 Å². The molecule has 26 heavy (non-hydrogen) atoms. The third kappa shape index (κ3) is 4.89. The van der Waals surface area contributed by atoms with E-state index in [1.807, 2.05) is 0 Å². The predicted molar refractivity (Wildman–Crippen MR) is 98.3 cm³/mol. The Morgan fingerprint density at radius 3 is 2.23 bits per heavy atom. The second-order valence-corrected chi connectivity index (χ2v) is 15.4. The molecule has 1 aliphatic carbocycles. The van der Waals surface area contributed by atoms with E-state index in [9.17, 15) is 21.6 Å². The van der Waals surface area contributed by atoms with Crippen molar-refractivity contribution in [1.82, 2.24) is 0 Å². The fraction of sp³-hybridized carbons (Fsp3) is 0.667. The Labute approximate surface area is 155 Å². The summed E-state index contributed by atoms with van der Waals surface area (Å²) >= 11 is 0. The van der Waals surface area contributed by atoms with Gasteiger partial charge in [-0.3, -0.25) is 0 Å². The average molecular weight is 409 g/mol. The molecule has 0 aromatic heterocycles. The Balaban J connectivity index is 1.99. The zero-order chi connectivity index (χ0) is 20.0. The Morgan fingerprint density at radius 1 is 1.15 bits per heavy atom. The fourth-order valence-electron chi connectivity index (χ4n) is 2.77. The molecule has 0 amide bonds. The third-order valence-electron chi connectivity index (χ3n) is 5.44. The van der Waals surface area contributed by atoms with Gasteiger partial charge in [0.25, 0.3) is 0 Å². The highest BCUT2D eigenvalue weighted by Crippen LogP contribution is 2.42. The van der Waals surface area contributed by atoms with E-state index in [4.69, 9.17) is 4.43 Å². The van der Waals surface area contributed by atoms with Crippen LogP contribution in [0.2, 0.25) is 18.1 Å². The number of halogens is 3. The molecule has 0 aliphatic heterocycles. The summed E-state index contributed by atoms with van der Waals surface area (Å²) < 4.78 is 69.6. The number of hydrogen-bond donors (Lipinski definition) is 0. The van der Waals surface area contributed by atoms with Crippen molar-refractivity contribution in [3.63, 3.8) is 0 Å². The van der Waals surface area contributed by atoms with Crippen LogP contribution in [0.15, 0.2) is 29.2 Å². The van der Waals surface area contributed by atoms with Gasteiger partial charge in [-0.25, -0.2) is 8.42 Å². The smallest absolute Gasteiger partial charge is 0.414 e. The minimum absolute atomic E-state index is 0.0533. The molecule has 1 aliphatic rings. The number of benzene rings is 1. The van der Waals surface area contributed by atoms with Crippen LogP contribution >= 0.6 is 0 Å². The SMILES string of the molecule is CC(C)(C)[Si](C)(C)OC1CC(CS(=O)(=O)c2cccc(C(F)(F)F)c2)C1. The lowest BCUT2D eigenvalue weighted by Gasteiger charge is -2.44. The van der Waals surface area contributed by atoms with Crippen LogP contribution in [0.4, 0.5) is 13.2 Å². The fourth-order valence-corrected chi connectivity index (χ4v) is 5.83. The second kappa shape index (κ2) is 6.94. The lowest BCUT2D eigenvalue weighted by Crippen LogP contribution is -2.48. The quantitative estimate of drug-likeness (QED) is 0.623. The van der Waals surface area contributed by atoms with E-state index in [2.05, 4.69) is 33.9 Å². The van der Waals surface area contributed by atoms with Gasteiger partial charge in [-0.2, -0.15) is 13.2 Å². The van der Waals surface area contributed by atoms with Gasteiger partial charge in [0.1, 0.15) is 0 Å². The van der Waals surface area contributed by atoms with Crippen molar-refractivity contribution >= 4 is 18.2 Å². The van der Waals surface area contributed by atoms with Gasteiger partial charge in [0, 0.05) is 6.10 Å². The molecule has 8 heteroatoms. The number of alkyl halides is 3. The van der Waals surface area contributed by atoms with Gasteiger partial charge in [-0.1, -0.05) is 26.8 Å². The lowest BCUT2D eigenvalue weighted by molar-refractivity contribution is -0.137. The summed E-state index contributed by atoms with van der Waals surface area (Å²) in [5.74, 6) is -0.199. The van der Waals surface area contributed by atoms with E-state index in [0.717, 1.165) is 18.2 Å². The van der Waals surface area contributed by atoms with Gasteiger partial charge >= 0.3 is 6.18 Å². The summed E-state index contributed by atoms with van der Waals surface area (Å²) in [5.41, 5.74) is -0.939. The average Bonchev–Trinajstić information content (AvgIpc) is 2.42. The number of rotatable bonds is 5. The van der Waals surface area contributed by atoms with Gasteiger partial charge in [0.05, 0.1) is 16.2 Å². The second-order valence-electron chi connectivity index (χ2n) is 8.64. The minimum atomic E-state index is -4.55. The Hall–Kier alpha value is -0.863. The molecule has 3 nitrogen and oxygen atoms in total. The van der Waals surface area contributed by atoms with Crippen molar-refractivity contribution in [1.29, 1.82) is 0 Å². The van der Waals surface area contributed by atoms with Gasteiger partial charge in [-0.05, 0) is 55.1 Å². The summed E-state index contributed by atoms with van der Waals surface area (Å²) in [6, 6.07) is 3.97. The zero-order valence-electron chi connectivity index (χ0n) is 15.9. The normalized spacial score (nSPS) is 22.2. The van der Waals surface area contributed by atoms with Crippen molar-refractivity contribution < 1.29 is 26.0 Å². The van der Waals surface area contributed by atoms with E-state index in [-0.39, 0.29) is 27.7 Å². The molecule has 0 unspecified atom stereocenters. The van der Waals surface area contributed by atoms with Crippen LogP contribution in [0, 0.1) is 5.92 Å². The highest BCUT2D eigenvalue weighted by atomic mass is 32.2. The Bertz CT molecular complexity index is 746. The molecule has 0 heterocycles. The topological polar surface area (TPSA) is 43.4 Å². The first-order valence-corrected chi connectivity index (χ1v) is 13.3. The highest BCUT2D eigenvalue weighted by Gasteiger charge is 2.43. The zero-order valence-corrected chi connectivity index (χ0v) is 17.7. The first-order chi connectivity index (χ1) is 11.6. The first-order valence-electron chi connectivity index (χ1n) is 8.70.